The summed E-state index contributed by atoms with van der Waals surface area (Å²) >= 11 is 0. The second kappa shape index (κ2) is 5.13. The summed E-state index contributed by atoms with van der Waals surface area (Å²) in [7, 11) is 0. The predicted molar refractivity (Wildman–Crippen MR) is 58.2 cm³/mol. The molecular formula is C12H23NO. The van der Waals surface area contributed by atoms with Crippen molar-refractivity contribution < 1.29 is 4.74 Å². The molecule has 0 aromatic heterocycles. The molecule has 2 aliphatic carbocycles. The Morgan fingerprint density at radius 2 is 1.50 bits per heavy atom. The molecule has 0 saturated heterocycles. The third-order valence-corrected chi connectivity index (χ3v) is 3.67. The standard InChI is InChI=1S/C12H23NO/c13-11-8-5-9-12(11)14-10-6-3-1-2-4-7-10/h10-12H,1-9,13H2. The van der Waals surface area contributed by atoms with Crippen LogP contribution in [-0.2, 0) is 4.74 Å². The lowest BCUT2D eigenvalue weighted by atomic mass is 10.1. The van der Waals surface area contributed by atoms with Gasteiger partial charge in [0.1, 0.15) is 0 Å². The summed E-state index contributed by atoms with van der Waals surface area (Å²) in [4.78, 5) is 0. The van der Waals surface area contributed by atoms with Crippen molar-refractivity contribution in [3.05, 3.63) is 0 Å². The van der Waals surface area contributed by atoms with Gasteiger partial charge in [0.15, 0.2) is 0 Å². The third-order valence-electron chi connectivity index (χ3n) is 3.67. The molecule has 2 N–H and O–H groups in total. The molecule has 2 atom stereocenters. The average Bonchev–Trinajstić information content (AvgIpc) is 2.44. The van der Waals surface area contributed by atoms with Gasteiger partial charge in [0.2, 0.25) is 0 Å². The first kappa shape index (κ1) is 10.4. The highest BCUT2D eigenvalue weighted by molar-refractivity contribution is 4.82. The minimum atomic E-state index is 0.318. The van der Waals surface area contributed by atoms with Crippen LogP contribution >= 0.6 is 0 Å². The first-order valence-corrected chi connectivity index (χ1v) is 6.27. The van der Waals surface area contributed by atoms with Crippen LogP contribution in [0.3, 0.4) is 0 Å². The Balaban J connectivity index is 1.77. The molecule has 2 nitrogen and oxygen atoms in total. The zero-order chi connectivity index (χ0) is 9.80. The van der Waals surface area contributed by atoms with E-state index in [1.54, 1.807) is 0 Å². The fourth-order valence-corrected chi connectivity index (χ4v) is 2.75. The average molecular weight is 197 g/mol. The van der Waals surface area contributed by atoms with Crippen molar-refractivity contribution in [2.75, 3.05) is 0 Å². The largest absolute Gasteiger partial charge is 0.373 e. The van der Waals surface area contributed by atoms with Crippen molar-refractivity contribution in [2.24, 2.45) is 5.73 Å². The van der Waals surface area contributed by atoms with Gasteiger partial charge in [-0.05, 0) is 32.1 Å². The van der Waals surface area contributed by atoms with Crippen LogP contribution in [0.4, 0.5) is 0 Å². The molecular weight excluding hydrogens is 174 g/mol. The van der Waals surface area contributed by atoms with E-state index in [4.69, 9.17) is 10.5 Å². The van der Waals surface area contributed by atoms with E-state index in [1.807, 2.05) is 0 Å². The normalized spacial score (nSPS) is 35.8. The highest BCUT2D eigenvalue weighted by Crippen LogP contribution is 2.26. The lowest BCUT2D eigenvalue weighted by Gasteiger charge is -2.23. The third kappa shape index (κ3) is 2.71. The van der Waals surface area contributed by atoms with Crippen LogP contribution in [0.5, 0.6) is 0 Å². The number of hydrogen-bond donors (Lipinski definition) is 1. The zero-order valence-electron chi connectivity index (χ0n) is 9.08. The van der Waals surface area contributed by atoms with Crippen LogP contribution in [0.2, 0.25) is 0 Å². The van der Waals surface area contributed by atoms with Crippen molar-refractivity contribution in [3.8, 4) is 0 Å². The van der Waals surface area contributed by atoms with Crippen molar-refractivity contribution >= 4 is 0 Å². The first-order chi connectivity index (χ1) is 6.86. The van der Waals surface area contributed by atoms with Gasteiger partial charge in [-0.15, -0.1) is 0 Å². The summed E-state index contributed by atoms with van der Waals surface area (Å²) in [6.45, 7) is 0. The molecule has 0 aromatic carbocycles. The first-order valence-electron chi connectivity index (χ1n) is 6.27. The molecule has 0 aromatic rings. The zero-order valence-corrected chi connectivity index (χ0v) is 9.08. The van der Waals surface area contributed by atoms with Crippen LogP contribution in [0.25, 0.3) is 0 Å². The van der Waals surface area contributed by atoms with Crippen molar-refractivity contribution in [1.82, 2.24) is 0 Å². The van der Waals surface area contributed by atoms with Gasteiger partial charge in [-0.25, -0.2) is 0 Å². The minimum absolute atomic E-state index is 0.318. The molecule has 0 heterocycles. The fraction of sp³-hybridized carbons (Fsp3) is 1.00. The maximum Gasteiger partial charge on any atom is 0.0729 e. The SMILES string of the molecule is NC1CCCC1OC1CCCCCC1. The predicted octanol–water partition coefficient (Wildman–Crippen LogP) is 2.61. The van der Waals surface area contributed by atoms with Crippen molar-refractivity contribution in [3.63, 3.8) is 0 Å². The molecule has 0 bridgehead atoms. The van der Waals surface area contributed by atoms with Gasteiger partial charge in [0, 0.05) is 6.04 Å². The van der Waals surface area contributed by atoms with Gasteiger partial charge in [-0.3, -0.25) is 0 Å². The smallest absolute Gasteiger partial charge is 0.0729 e. The summed E-state index contributed by atoms with van der Waals surface area (Å²) in [6, 6.07) is 0.318. The van der Waals surface area contributed by atoms with Crippen LogP contribution in [0.15, 0.2) is 0 Å². The molecule has 2 heteroatoms. The Hall–Kier alpha value is -0.0800. The van der Waals surface area contributed by atoms with Gasteiger partial charge in [-0.1, -0.05) is 25.7 Å². The van der Waals surface area contributed by atoms with E-state index in [0.717, 1.165) is 6.42 Å². The lowest BCUT2D eigenvalue weighted by molar-refractivity contribution is -0.0223. The van der Waals surface area contributed by atoms with E-state index in [0.29, 0.717) is 18.2 Å². The van der Waals surface area contributed by atoms with E-state index in [1.165, 1.54) is 51.4 Å². The monoisotopic (exact) mass is 197 g/mol. The molecule has 82 valence electrons. The Kier molecular flexibility index (Phi) is 3.82. The van der Waals surface area contributed by atoms with E-state index >= 15 is 0 Å². The van der Waals surface area contributed by atoms with Crippen molar-refractivity contribution in [2.45, 2.75) is 76.0 Å². The van der Waals surface area contributed by atoms with Crippen LogP contribution in [-0.4, -0.2) is 18.2 Å². The van der Waals surface area contributed by atoms with Crippen LogP contribution in [0.1, 0.15) is 57.8 Å². The number of hydrogen-bond acceptors (Lipinski definition) is 2. The highest BCUT2D eigenvalue weighted by atomic mass is 16.5. The van der Waals surface area contributed by atoms with Crippen LogP contribution < -0.4 is 5.73 Å². The quantitative estimate of drug-likeness (QED) is 0.691. The summed E-state index contributed by atoms with van der Waals surface area (Å²) in [5.41, 5.74) is 6.01. The molecule has 2 saturated carbocycles. The Morgan fingerprint density at radius 3 is 2.07 bits per heavy atom. The van der Waals surface area contributed by atoms with Gasteiger partial charge in [0.05, 0.1) is 12.2 Å². The minimum Gasteiger partial charge on any atom is -0.373 e. The summed E-state index contributed by atoms with van der Waals surface area (Å²) in [6.07, 6.45) is 12.6. The van der Waals surface area contributed by atoms with Crippen molar-refractivity contribution in [1.29, 1.82) is 0 Å². The van der Waals surface area contributed by atoms with E-state index in [9.17, 15) is 0 Å². The number of rotatable bonds is 2. The molecule has 14 heavy (non-hydrogen) atoms. The topological polar surface area (TPSA) is 35.2 Å². The number of ether oxygens (including phenoxy) is 1. The molecule has 2 fully saturated rings. The highest BCUT2D eigenvalue weighted by Gasteiger charge is 2.27. The second-order valence-electron chi connectivity index (χ2n) is 4.88. The molecule has 0 amide bonds. The van der Waals surface area contributed by atoms with E-state index in [-0.39, 0.29) is 0 Å². The molecule has 2 rings (SSSR count). The van der Waals surface area contributed by atoms with Gasteiger partial charge < -0.3 is 10.5 Å². The summed E-state index contributed by atoms with van der Waals surface area (Å²) in [5.74, 6) is 0. The van der Waals surface area contributed by atoms with Gasteiger partial charge >= 0.3 is 0 Å². The van der Waals surface area contributed by atoms with E-state index in [2.05, 4.69) is 0 Å². The molecule has 2 unspecified atom stereocenters. The Labute approximate surface area is 87.2 Å². The maximum absolute atomic E-state index is 6.12. The fourth-order valence-electron chi connectivity index (χ4n) is 2.75. The molecule has 0 radical (unpaired) electrons. The molecule has 0 aliphatic heterocycles. The Bertz CT molecular complexity index is 164. The summed E-state index contributed by atoms with van der Waals surface area (Å²) in [5, 5.41) is 0. The molecule has 2 aliphatic rings. The Morgan fingerprint density at radius 1 is 0.786 bits per heavy atom. The second-order valence-corrected chi connectivity index (χ2v) is 4.88. The molecule has 0 spiro atoms. The van der Waals surface area contributed by atoms with Gasteiger partial charge in [-0.2, -0.15) is 0 Å². The van der Waals surface area contributed by atoms with E-state index < -0.39 is 0 Å². The maximum atomic E-state index is 6.12. The summed E-state index contributed by atoms with van der Waals surface area (Å²) < 4.78 is 6.12. The number of nitrogens with two attached hydrogens (primary N) is 1. The lowest BCUT2D eigenvalue weighted by Crippen LogP contribution is -2.34. The van der Waals surface area contributed by atoms with Crippen LogP contribution in [0, 0.1) is 0 Å². The van der Waals surface area contributed by atoms with Gasteiger partial charge in [0.25, 0.3) is 0 Å².